The van der Waals surface area contributed by atoms with Gasteiger partial charge in [0.25, 0.3) is 0 Å². The van der Waals surface area contributed by atoms with Gasteiger partial charge in [0.2, 0.25) is 0 Å². The molecule has 0 unspecified atom stereocenters. The van der Waals surface area contributed by atoms with E-state index in [-0.39, 0.29) is 12.1 Å². The molecule has 0 spiro atoms. The number of likely N-dealkylation sites (tertiary alicyclic amines) is 1. The lowest BCUT2D eigenvalue weighted by Crippen LogP contribution is -2.48. The number of urea groups is 1. The molecule has 30 heavy (non-hydrogen) atoms. The van der Waals surface area contributed by atoms with Crippen LogP contribution in [-0.4, -0.2) is 55.1 Å². The van der Waals surface area contributed by atoms with Crippen LogP contribution in [0.1, 0.15) is 36.8 Å². The maximum Gasteiger partial charge on any atom is 0.317 e. The van der Waals surface area contributed by atoms with Crippen LogP contribution in [0.2, 0.25) is 0 Å². The lowest BCUT2D eigenvalue weighted by atomic mass is 10.0. The Labute approximate surface area is 180 Å². The molecule has 0 atom stereocenters. The minimum Gasteiger partial charge on any atom is -0.371 e. The average Bonchev–Trinajstić information content (AvgIpc) is 3.31. The number of piperidine rings is 1. The SMILES string of the molecule is CN(Cc1ccccc1N1CCCC1)C(=O)NC1CCN(Cc2ccccc2)CC1. The molecule has 4 rings (SSSR count). The number of nitrogens with zero attached hydrogens (tertiary/aromatic N) is 3. The zero-order valence-corrected chi connectivity index (χ0v) is 18.1. The van der Waals surface area contributed by atoms with Gasteiger partial charge in [0.1, 0.15) is 0 Å². The standard InChI is InChI=1S/C25H34N4O/c1-27(20-22-11-5-6-12-24(22)29-15-7-8-16-29)25(30)26-23-13-17-28(18-14-23)19-21-9-3-2-4-10-21/h2-6,9-12,23H,7-8,13-20H2,1H3,(H,26,30). The molecule has 2 saturated heterocycles. The Balaban J connectivity index is 1.26. The van der Waals surface area contributed by atoms with E-state index >= 15 is 0 Å². The van der Waals surface area contributed by atoms with E-state index in [0.717, 1.165) is 45.6 Å². The molecule has 5 heteroatoms. The summed E-state index contributed by atoms with van der Waals surface area (Å²) in [4.78, 5) is 19.6. The summed E-state index contributed by atoms with van der Waals surface area (Å²) in [5, 5.41) is 3.26. The van der Waals surface area contributed by atoms with Crippen molar-refractivity contribution in [3.05, 3.63) is 65.7 Å². The van der Waals surface area contributed by atoms with E-state index in [1.807, 2.05) is 11.9 Å². The maximum absolute atomic E-state index is 12.8. The fourth-order valence-electron chi connectivity index (χ4n) is 4.60. The summed E-state index contributed by atoms with van der Waals surface area (Å²) in [6.45, 7) is 5.94. The normalized spacial score (nSPS) is 17.8. The molecule has 1 N–H and O–H groups in total. The highest BCUT2D eigenvalue weighted by molar-refractivity contribution is 5.74. The van der Waals surface area contributed by atoms with E-state index in [1.54, 1.807) is 0 Å². The molecule has 0 radical (unpaired) electrons. The Morgan fingerprint density at radius 1 is 0.967 bits per heavy atom. The Morgan fingerprint density at radius 3 is 2.37 bits per heavy atom. The Kier molecular flexibility index (Phi) is 6.90. The van der Waals surface area contributed by atoms with Gasteiger partial charge in [0, 0.05) is 58.0 Å². The van der Waals surface area contributed by atoms with Crippen molar-refractivity contribution in [2.45, 2.75) is 44.8 Å². The predicted octanol–water partition coefficient (Wildman–Crippen LogP) is 4.09. The third-order valence-corrected chi connectivity index (χ3v) is 6.36. The Bertz CT molecular complexity index is 811. The summed E-state index contributed by atoms with van der Waals surface area (Å²) in [5.74, 6) is 0. The molecule has 2 aliphatic heterocycles. The second-order valence-electron chi connectivity index (χ2n) is 8.66. The topological polar surface area (TPSA) is 38.8 Å². The van der Waals surface area contributed by atoms with Crippen molar-refractivity contribution >= 4 is 11.7 Å². The number of anilines is 1. The minimum atomic E-state index is 0.0349. The van der Waals surface area contributed by atoms with Gasteiger partial charge in [0.15, 0.2) is 0 Å². The summed E-state index contributed by atoms with van der Waals surface area (Å²) < 4.78 is 0. The summed E-state index contributed by atoms with van der Waals surface area (Å²) in [6.07, 6.45) is 4.54. The van der Waals surface area contributed by atoms with Gasteiger partial charge < -0.3 is 15.1 Å². The van der Waals surface area contributed by atoms with E-state index in [1.165, 1.54) is 29.7 Å². The van der Waals surface area contributed by atoms with Gasteiger partial charge in [-0.1, -0.05) is 48.5 Å². The van der Waals surface area contributed by atoms with Crippen molar-refractivity contribution in [3.8, 4) is 0 Å². The van der Waals surface area contributed by atoms with Crippen molar-refractivity contribution in [3.63, 3.8) is 0 Å². The van der Waals surface area contributed by atoms with Crippen LogP contribution in [0, 0.1) is 0 Å². The highest BCUT2D eigenvalue weighted by Crippen LogP contribution is 2.25. The second-order valence-corrected chi connectivity index (χ2v) is 8.66. The third kappa shape index (κ3) is 5.33. The molecule has 2 fully saturated rings. The number of hydrogen-bond acceptors (Lipinski definition) is 3. The van der Waals surface area contributed by atoms with Crippen LogP contribution in [0.25, 0.3) is 0 Å². The number of carbonyl (C=O) groups excluding carboxylic acids is 1. The third-order valence-electron chi connectivity index (χ3n) is 6.36. The van der Waals surface area contributed by atoms with Gasteiger partial charge in [0.05, 0.1) is 0 Å². The molecule has 2 aliphatic rings. The van der Waals surface area contributed by atoms with Gasteiger partial charge in [-0.3, -0.25) is 4.90 Å². The molecule has 2 aromatic rings. The summed E-state index contributed by atoms with van der Waals surface area (Å²) in [5.41, 5.74) is 3.87. The fraction of sp³-hybridized carbons (Fsp3) is 0.480. The number of rotatable bonds is 6. The second kappa shape index (κ2) is 9.98. The first-order chi connectivity index (χ1) is 14.7. The van der Waals surface area contributed by atoms with Crippen LogP contribution in [0.5, 0.6) is 0 Å². The number of hydrogen-bond donors (Lipinski definition) is 1. The lowest BCUT2D eigenvalue weighted by Gasteiger charge is -2.33. The van der Waals surface area contributed by atoms with Crippen molar-refractivity contribution in [2.24, 2.45) is 0 Å². The molecular formula is C25H34N4O. The minimum absolute atomic E-state index is 0.0349. The van der Waals surface area contributed by atoms with Gasteiger partial charge in [-0.05, 0) is 42.9 Å². The van der Waals surface area contributed by atoms with Crippen LogP contribution in [0.4, 0.5) is 10.5 Å². The molecular weight excluding hydrogens is 372 g/mol. The van der Waals surface area contributed by atoms with Gasteiger partial charge in [-0.15, -0.1) is 0 Å². The number of nitrogens with one attached hydrogen (secondary N) is 1. The molecule has 0 aliphatic carbocycles. The molecule has 0 bridgehead atoms. The molecule has 2 amide bonds. The summed E-state index contributed by atoms with van der Waals surface area (Å²) in [7, 11) is 1.90. The Hall–Kier alpha value is -2.53. The van der Waals surface area contributed by atoms with Crippen molar-refractivity contribution in [1.29, 1.82) is 0 Å². The molecule has 160 valence electrons. The predicted molar refractivity (Wildman–Crippen MR) is 123 cm³/mol. The number of benzene rings is 2. The summed E-state index contributed by atoms with van der Waals surface area (Å²) in [6, 6.07) is 19.4. The molecule has 5 nitrogen and oxygen atoms in total. The Morgan fingerprint density at radius 2 is 1.63 bits per heavy atom. The van der Waals surface area contributed by atoms with E-state index < -0.39 is 0 Å². The van der Waals surface area contributed by atoms with Crippen LogP contribution in [0.3, 0.4) is 0 Å². The van der Waals surface area contributed by atoms with E-state index in [0.29, 0.717) is 6.54 Å². The van der Waals surface area contributed by atoms with Gasteiger partial charge in [-0.25, -0.2) is 4.79 Å². The van der Waals surface area contributed by atoms with Crippen LogP contribution in [0.15, 0.2) is 54.6 Å². The van der Waals surface area contributed by atoms with Crippen molar-refractivity contribution in [2.75, 3.05) is 38.1 Å². The van der Waals surface area contributed by atoms with E-state index in [9.17, 15) is 4.79 Å². The molecule has 0 aromatic heterocycles. The first-order valence-corrected chi connectivity index (χ1v) is 11.3. The average molecular weight is 407 g/mol. The molecule has 2 aromatic carbocycles. The quantitative estimate of drug-likeness (QED) is 0.785. The highest BCUT2D eigenvalue weighted by atomic mass is 16.2. The number of para-hydroxylation sites is 1. The lowest BCUT2D eigenvalue weighted by molar-refractivity contribution is 0.173. The highest BCUT2D eigenvalue weighted by Gasteiger charge is 2.23. The monoisotopic (exact) mass is 406 g/mol. The van der Waals surface area contributed by atoms with Gasteiger partial charge >= 0.3 is 6.03 Å². The number of carbonyl (C=O) groups is 1. The molecule has 2 heterocycles. The number of amides is 2. The van der Waals surface area contributed by atoms with E-state index in [2.05, 4.69) is 69.7 Å². The zero-order chi connectivity index (χ0) is 20.8. The van der Waals surface area contributed by atoms with Gasteiger partial charge in [-0.2, -0.15) is 0 Å². The summed E-state index contributed by atoms with van der Waals surface area (Å²) >= 11 is 0. The maximum atomic E-state index is 12.8. The zero-order valence-electron chi connectivity index (χ0n) is 18.1. The smallest absolute Gasteiger partial charge is 0.317 e. The largest absolute Gasteiger partial charge is 0.371 e. The van der Waals surface area contributed by atoms with Crippen LogP contribution >= 0.6 is 0 Å². The first-order valence-electron chi connectivity index (χ1n) is 11.3. The van der Waals surface area contributed by atoms with Crippen molar-refractivity contribution < 1.29 is 4.79 Å². The first kappa shape index (κ1) is 20.7. The van der Waals surface area contributed by atoms with E-state index in [4.69, 9.17) is 0 Å². The molecule has 0 saturated carbocycles. The van der Waals surface area contributed by atoms with Crippen molar-refractivity contribution in [1.82, 2.24) is 15.1 Å². The van der Waals surface area contributed by atoms with Crippen LogP contribution < -0.4 is 10.2 Å². The van der Waals surface area contributed by atoms with Crippen LogP contribution in [-0.2, 0) is 13.1 Å². The fourth-order valence-corrected chi connectivity index (χ4v) is 4.60.